The Balaban J connectivity index is 1.68. The minimum absolute atomic E-state index is 0.000196. The van der Waals surface area contributed by atoms with Gasteiger partial charge in [-0.1, -0.05) is 17.7 Å². The molecule has 0 radical (unpaired) electrons. The van der Waals surface area contributed by atoms with Gasteiger partial charge in [-0.25, -0.2) is 4.98 Å². The van der Waals surface area contributed by atoms with Crippen molar-refractivity contribution in [2.45, 2.75) is 57.1 Å². The van der Waals surface area contributed by atoms with Crippen LogP contribution in [0.4, 0.5) is 5.95 Å². The summed E-state index contributed by atoms with van der Waals surface area (Å²) in [5, 5.41) is 16.5. The number of anilines is 1. The molecule has 0 aliphatic heterocycles. The maximum atomic E-state index is 13.5. The van der Waals surface area contributed by atoms with Crippen LogP contribution in [0.15, 0.2) is 29.2 Å². The first-order chi connectivity index (χ1) is 13.9. The van der Waals surface area contributed by atoms with Crippen molar-refractivity contribution in [2.75, 3.05) is 11.9 Å². The summed E-state index contributed by atoms with van der Waals surface area (Å²) < 4.78 is 1.81. The molecule has 5 rings (SSSR count). The van der Waals surface area contributed by atoms with Gasteiger partial charge in [0.1, 0.15) is 5.65 Å². The Hall–Kier alpha value is -2.18. The second kappa shape index (κ2) is 6.96. The zero-order valence-electron chi connectivity index (χ0n) is 16.5. The number of nitrogens with one attached hydrogen (secondary N) is 1. The normalized spacial score (nSPS) is 24.9. The van der Waals surface area contributed by atoms with Crippen LogP contribution in [0.1, 0.15) is 51.5 Å². The highest BCUT2D eigenvalue weighted by molar-refractivity contribution is 6.31. The van der Waals surface area contributed by atoms with E-state index < -0.39 is 5.60 Å². The third-order valence-corrected chi connectivity index (χ3v) is 6.60. The molecule has 0 spiro atoms. The Bertz CT molecular complexity index is 1140. The van der Waals surface area contributed by atoms with Crippen LogP contribution in [0.2, 0.25) is 5.02 Å². The number of benzene rings is 1. The molecular weight excluding hydrogens is 388 g/mol. The Morgan fingerprint density at radius 1 is 1.21 bits per heavy atom. The Kier molecular flexibility index (Phi) is 4.51. The number of hydrogen-bond acceptors (Lipinski definition) is 5. The van der Waals surface area contributed by atoms with Gasteiger partial charge in [0.25, 0.3) is 5.56 Å². The van der Waals surface area contributed by atoms with Crippen molar-refractivity contribution in [3.8, 4) is 0 Å². The molecule has 0 unspecified atom stereocenters. The number of fused-ring (bicyclic) bond motifs is 3. The third kappa shape index (κ3) is 3.60. The highest BCUT2D eigenvalue weighted by atomic mass is 35.5. The standard InChI is InChI=1S/C22H25ClN4O2/c1-22(29)8-6-15(7-9-22)27-19-18(12-25-21(26-19)24-11-13-2-3-13)16-5-4-14(23)10-17(16)20(27)28/h4-5,10,12-13,15,29H,2-3,6-9,11H2,1H3,(H,24,25,26). The SMILES string of the molecule is CC1(O)CCC(n2c(=O)c3cc(Cl)ccc3c3cnc(NCC4CC4)nc32)CC1. The molecule has 2 aliphatic carbocycles. The molecule has 2 saturated carbocycles. The van der Waals surface area contributed by atoms with Crippen LogP contribution < -0.4 is 10.9 Å². The van der Waals surface area contributed by atoms with E-state index in [2.05, 4.69) is 10.3 Å². The minimum atomic E-state index is -0.665. The van der Waals surface area contributed by atoms with Gasteiger partial charge < -0.3 is 10.4 Å². The minimum Gasteiger partial charge on any atom is -0.390 e. The Morgan fingerprint density at radius 2 is 1.97 bits per heavy atom. The average molecular weight is 413 g/mol. The highest BCUT2D eigenvalue weighted by Gasteiger charge is 2.31. The van der Waals surface area contributed by atoms with E-state index in [1.54, 1.807) is 12.1 Å². The Morgan fingerprint density at radius 3 is 2.69 bits per heavy atom. The second-order valence-electron chi connectivity index (χ2n) is 8.85. The topological polar surface area (TPSA) is 80.0 Å². The zero-order valence-corrected chi connectivity index (χ0v) is 17.2. The van der Waals surface area contributed by atoms with Crippen molar-refractivity contribution in [3.05, 3.63) is 39.8 Å². The lowest BCUT2D eigenvalue weighted by Gasteiger charge is -2.34. The smallest absolute Gasteiger partial charge is 0.260 e. The number of aliphatic hydroxyl groups is 1. The lowest BCUT2D eigenvalue weighted by molar-refractivity contribution is 0.0100. The van der Waals surface area contributed by atoms with E-state index in [0.29, 0.717) is 40.8 Å². The van der Waals surface area contributed by atoms with Gasteiger partial charge in [0.2, 0.25) is 5.95 Å². The molecule has 152 valence electrons. The van der Waals surface area contributed by atoms with E-state index in [4.69, 9.17) is 16.6 Å². The van der Waals surface area contributed by atoms with E-state index in [-0.39, 0.29) is 11.6 Å². The summed E-state index contributed by atoms with van der Waals surface area (Å²) in [6.07, 6.45) is 7.11. The van der Waals surface area contributed by atoms with Crippen molar-refractivity contribution in [1.82, 2.24) is 14.5 Å². The van der Waals surface area contributed by atoms with Gasteiger partial charge in [0.15, 0.2) is 0 Å². The monoisotopic (exact) mass is 412 g/mol. The van der Waals surface area contributed by atoms with Crippen LogP contribution in [-0.4, -0.2) is 31.8 Å². The fraction of sp³-hybridized carbons (Fsp3) is 0.500. The summed E-state index contributed by atoms with van der Waals surface area (Å²) in [5.74, 6) is 1.27. The van der Waals surface area contributed by atoms with E-state index >= 15 is 0 Å². The fourth-order valence-corrected chi connectivity index (χ4v) is 4.54. The molecule has 1 aromatic carbocycles. The van der Waals surface area contributed by atoms with Crippen LogP contribution in [0.25, 0.3) is 21.8 Å². The molecule has 0 atom stereocenters. The molecular formula is C22H25ClN4O2. The van der Waals surface area contributed by atoms with Crippen LogP contribution in [-0.2, 0) is 0 Å². The van der Waals surface area contributed by atoms with Gasteiger partial charge >= 0.3 is 0 Å². The molecule has 2 aliphatic rings. The molecule has 2 aromatic heterocycles. The van der Waals surface area contributed by atoms with Crippen LogP contribution in [0.5, 0.6) is 0 Å². The fourth-order valence-electron chi connectivity index (χ4n) is 4.36. The van der Waals surface area contributed by atoms with E-state index in [0.717, 1.165) is 30.2 Å². The number of pyridine rings is 1. The number of hydrogen-bond donors (Lipinski definition) is 2. The van der Waals surface area contributed by atoms with E-state index in [9.17, 15) is 9.90 Å². The summed E-state index contributed by atoms with van der Waals surface area (Å²) >= 11 is 6.20. The second-order valence-corrected chi connectivity index (χ2v) is 9.28. The quantitative estimate of drug-likeness (QED) is 0.625. The molecule has 0 bridgehead atoms. The maximum absolute atomic E-state index is 13.5. The molecule has 0 saturated heterocycles. The summed E-state index contributed by atoms with van der Waals surface area (Å²) in [6, 6.07) is 5.40. The highest BCUT2D eigenvalue weighted by Crippen LogP contribution is 2.36. The largest absolute Gasteiger partial charge is 0.390 e. The molecule has 2 N–H and O–H groups in total. The molecule has 0 amide bonds. The number of rotatable bonds is 4. The number of nitrogens with zero attached hydrogens (tertiary/aromatic N) is 3. The lowest BCUT2D eigenvalue weighted by atomic mass is 9.83. The van der Waals surface area contributed by atoms with Crippen molar-refractivity contribution >= 4 is 39.4 Å². The third-order valence-electron chi connectivity index (χ3n) is 6.36. The lowest BCUT2D eigenvalue weighted by Crippen LogP contribution is -2.35. The van der Waals surface area contributed by atoms with Gasteiger partial charge in [-0.05, 0) is 68.9 Å². The van der Waals surface area contributed by atoms with Crippen molar-refractivity contribution in [1.29, 1.82) is 0 Å². The van der Waals surface area contributed by atoms with Crippen molar-refractivity contribution in [2.24, 2.45) is 5.92 Å². The van der Waals surface area contributed by atoms with Crippen molar-refractivity contribution in [3.63, 3.8) is 0 Å². The predicted molar refractivity (Wildman–Crippen MR) is 116 cm³/mol. The molecule has 3 aromatic rings. The van der Waals surface area contributed by atoms with Crippen molar-refractivity contribution < 1.29 is 5.11 Å². The summed E-state index contributed by atoms with van der Waals surface area (Å²) in [4.78, 5) is 22.8. The molecule has 29 heavy (non-hydrogen) atoms. The van der Waals surface area contributed by atoms with Crippen LogP contribution >= 0.6 is 11.6 Å². The molecule has 2 heterocycles. The zero-order chi connectivity index (χ0) is 20.2. The van der Waals surface area contributed by atoms with Gasteiger partial charge in [0, 0.05) is 34.6 Å². The van der Waals surface area contributed by atoms with Gasteiger partial charge in [-0.2, -0.15) is 4.98 Å². The summed E-state index contributed by atoms with van der Waals surface area (Å²) in [5.41, 5.74) is -0.0831. The average Bonchev–Trinajstić information content (AvgIpc) is 3.52. The molecule has 2 fully saturated rings. The van der Waals surface area contributed by atoms with Gasteiger partial charge in [-0.15, -0.1) is 0 Å². The maximum Gasteiger partial charge on any atom is 0.260 e. The van der Waals surface area contributed by atoms with E-state index in [1.807, 2.05) is 23.8 Å². The van der Waals surface area contributed by atoms with E-state index in [1.165, 1.54) is 12.8 Å². The number of aromatic nitrogens is 3. The molecule has 6 nitrogen and oxygen atoms in total. The first kappa shape index (κ1) is 18.8. The summed E-state index contributed by atoms with van der Waals surface area (Å²) in [7, 11) is 0. The first-order valence-corrected chi connectivity index (χ1v) is 10.8. The van der Waals surface area contributed by atoms with Gasteiger partial charge in [0.05, 0.1) is 5.60 Å². The predicted octanol–water partition coefficient (Wildman–Crippen LogP) is 4.29. The van der Waals surface area contributed by atoms with Gasteiger partial charge in [-0.3, -0.25) is 9.36 Å². The summed E-state index contributed by atoms with van der Waals surface area (Å²) in [6.45, 7) is 2.73. The van der Waals surface area contributed by atoms with Crippen LogP contribution in [0.3, 0.4) is 0 Å². The first-order valence-electron chi connectivity index (χ1n) is 10.4. The Labute approximate surface area is 173 Å². The number of halogens is 1. The molecule has 7 heteroatoms. The van der Waals surface area contributed by atoms with Crippen LogP contribution in [0, 0.1) is 5.92 Å².